The van der Waals surface area contributed by atoms with Gasteiger partial charge in [-0.05, 0) is 31.2 Å². The number of hydrogen-bond acceptors (Lipinski definition) is 5. The third kappa shape index (κ3) is 3.19. The highest BCUT2D eigenvalue weighted by Gasteiger charge is 2.10. The zero-order valence-corrected chi connectivity index (χ0v) is 10.3. The third-order valence-electron chi connectivity index (χ3n) is 2.31. The minimum Gasteiger partial charge on any atom is -0.462 e. The summed E-state index contributed by atoms with van der Waals surface area (Å²) >= 11 is 0. The Morgan fingerprint density at radius 1 is 1.32 bits per heavy atom. The standard InChI is InChI=1S/C13H12N2O4/c1-2-18-13(17)9-3-5-10(6-4-9)15-12(16)11-7-14-8-19-11/h3-8H,2H2,1H3,(H,15,16). The molecule has 0 fully saturated rings. The first-order valence-corrected chi connectivity index (χ1v) is 5.67. The number of oxazole rings is 1. The number of esters is 1. The van der Waals surface area contributed by atoms with Crippen molar-refractivity contribution >= 4 is 17.6 Å². The van der Waals surface area contributed by atoms with Crippen LogP contribution in [0.25, 0.3) is 0 Å². The highest BCUT2D eigenvalue weighted by molar-refractivity contribution is 6.02. The predicted molar refractivity (Wildman–Crippen MR) is 66.9 cm³/mol. The lowest BCUT2D eigenvalue weighted by Crippen LogP contribution is -2.11. The van der Waals surface area contributed by atoms with E-state index in [4.69, 9.17) is 9.15 Å². The smallest absolute Gasteiger partial charge is 0.338 e. The maximum Gasteiger partial charge on any atom is 0.338 e. The van der Waals surface area contributed by atoms with E-state index in [1.807, 2.05) is 0 Å². The molecule has 1 N–H and O–H groups in total. The summed E-state index contributed by atoms with van der Waals surface area (Å²) in [4.78, 5) is 26.7. The molecule has 2 aromatic rings. The Bertz CT molecular complexity index is 561. The van der Waals surface area contributed by atoms with E-state index in [0.717, 1.165) is 0 Å². The van der Waals surface area contributed by atoms with Gasteiger partial charge in [0, 0.05) is 5.69 Å². The molecule has 0 bridgehead atoms. The number of ether oxygens (including phenoxy) is 1. The Kier molecular flexibility index (Phi) is 3.92. The van der Waals surface area contributed by atoms with Crippen LogP contribution in [0, 0.1) is 0 Å². The number of carbonyl (C=O) groups is 2. The van der Waals surface area contributed by atoms with Crippen molar-refractivity contribution in [2.45, 2.75) is 6.92 Å². The molecular formula is C13H12N2O4. The highest BCUT2D eigenvalue weighted by Crippen LogP contribution is 2.12. The molecule has 1 aromatic carbocycles. The Labute approximate surface area is 109 Å². The summed E-state index contributed by atoms with van der Waals surface area (Å²) < 4.78 is 9.72. The van der Waals surface area contributed by atoms with E-state index >= 15 is 0 Å². The van der Waals surface area contributed by atoms with Crippen LogP contribution in [0.5, 0.6) is 0 Å². The van der Waals surface area contributed by atoms with Crippen molar-refractivity contribution < 1.29 is 18.7 Å². The maximum absolute atomic E-state index is 11.7. The molecule has 98 valence electrons. The normalized spacial score (nSPS) is 9.95. The topological polar surface area (TPSA) is 81.4 Å². The molecule has 19 heavy (non-hydrogen) atoms. The first kappa shape index (κ1) is 12.8. The lowest BCUT2D eigenvalue weighted by molar-refractivity contribution is 0.0526. The van der Waals surface area contributed by atoms with E-state index in [1.165, 1.54) is 12.6 Å². The fourth-order valence-corrected chi connectivity index (χ4v) is 1.42. The number of rotatable bonds is 4. The van der Waals surface area contributed by atoms with Gasteiger partial charge in [-0.25, -0.2) is 9.78 Å². The average Bonchev–Trinajstić information content (AvgIpc) is 2.94. The van der Waals surface area contributed by atoms with E-state index in [-0.39, 0.29) is 5.76 Å². The summed E-state index contributed by atoms with van der Waals surface area (Å²) in [5.74, 6) is -0.675. The van der Waals surface area contributed by atoms with Gasteiger partial charge >= 0.3 is 5.97 Å². The van der Waals surface area contributed by atoms with Gasteiger partial charge in [-0.3, -0.25) is 4.79 Å². The number of anilines is 1. The molecule has 1 heterocycles. The van der Waals surface area contributed by atoms with Crippen molar-refractivity contribution in [1.29, 1.82) is 0 Å². The zero-order valence-electron chi connectivity index (χ0n) is 10.3. The third-order valence-corrected chi connectivity index (χ3v) is 2.31. The number of nitrogens with one attached hydrogen (secondary N) is 1. The summed E-state index contributed by atoms with van der Waals surface area (Å²) in [7, 11) is 0. The van der Waals surface area contributed by atoms with Gasteiger partial charge < -0.3 is 14.5 Å². The van der Waals surface area contributed by atoms with Gasteiger partial charge in [0.05, 0.1) is 18.4 Å². The molecule has 1 aromatic heterocycles. The lowest BCUT2D eigenvalue weighted by atomic mass is 10.2. The van der Waals surface area contributed by atoms with Gasteiger partial charge in [-0.1, -0.05) is 0 Å². The molecule has 6 heteroatoms. The minimum absolute atomic E-state index is 0.120. The van der Waals surface area contributed by atoms with Crippen LogP contribution in [0.1, 0.15) is 27.8 Å². The van der Waals surface area contributed by atoms with Crippen LogP contribution in [-0.2, 0) is 4.74 Å². The number of hydrogen-bond donors (Lipinski definition) is 1. The maximum atomic E-state index is 11.7. The second-order valence-corrected chi connectivity index (χ2v) is 3.62. The van der Waals surface area contributed by atoms with Crippen LogP contribution in [0.4, 0.5) is 5.69 Å². The van der Waals surface area contributed by atoms with E-state index < -0.39 is 11.9 Å². The Hall–Kier alpha value is -2.63. The highest BCUT2D eigenvalue weighted by atomic mass is 16.5. The number of aromatic nitrogens is 1. The molecule has 0 aliphatic rings. The lowest BCUT2D eigenvalue weighted by Gasteiger charge is -2.04. The number of amides is 1. The molecule has 0 atom stereocenters. The van der Waals surface area contributed by atoms with Crippen LogP contribution in [-0.4, -0.2) is 23.5 Å². The van der Waals surface area contributed by atoms with Gasteiger partial charge in [-0.15, -0.1) is 0 Å². The summed E-state index contributed by atoms with van der Waals surface area (Å²) in [5.41, 5.74) is 0.981. The van der Waals surface area contributed by atoms with Gasteiger partial charge in [0.1, 0.15) is 0 Å². The zero-order chi connectivity index (χ0) is 13.7. The predicted octanol–water partition coefficient (Wildman–Crippen LogP) is 2.10. The first-order chi connectivity index (χ1) is 9.20. The number of carbonyl (C=O) groups excluding carboxylic acids is 2. The van der Waals surface area contributed by atoms with Crippen molar-refractivity contribution in [3.63, 3.8) is 0 Å². The molecule has 1 amide bonds. The van der Waals surface area contributed by atoms with Gasteiger partial charge in [0.15, 0.2) is 6.39 Å². The second kappa shape index (κ2) is 5.81. The molecule has 0 radical (unpaired) electrons. The van der Waals surface area contributed by atoms with Crippen molar-refractivity contribution in [3.8, 4) is 0 Å². The average molecular weight is 260 g/mol. The van der Waals surface area contributed by atoms with Gasteiger partial charge in [0.2, 0.25) is 5.76 Å². The van der Waals surface area contributed by atoms with Crippen molar-refractivity contribution in [3.05, 3.63) is 48.2 Å². The summed E-state index contributed by atoms with van der Waals surface area (Å²) in [6.45, 7) is 2.06. The summed E-state index contributed by atoms with van der Waals surface area (Å²) in [6, 6.07) is 6.38. The van der Waals surface area contributed by atoms with Crippen molar-refractivity contribution in [2.75, 3.05) is 11.9 Å². The largest absolute Gasteiger partial charge is 0.462 e. The fourth-order valence-electron chi connectivity index (χ4n) is 1.42. The van der Waals surface area contributed by atoms with Crippen molar-refractivity contribution in [1.82, 2.24) is 4.98 Å². The second-order valence-electron chi connectivity index (χ2n) is 3.62. The molecular weight excluding hydrogens is 248 g/mol. The monoisotopic (exact) mass is 260 g/mol. The molecule has 0 unspecified atom stereocenters. The SMILES string of the molecule is CCOC(=O)c1ccc(NC(=O)c2cnco2)cc1. The summed E-state index contributed by atoms with van der Waals surface area (Å²) in [6.07, 6.45) is 2.50. The number of benzene rings is 1. The number of nitrogens with zero attached hydrogens (tertiary/aromatic N) is 1. The van der Waals surface area contributed by atoms with Gasteiger partial charge in [-0.2, -0.15) is 0 Å². The Morgan fingerprint density at radius 3 is 2.63 bits per heavy atom. The van der Waals surface area contributed by atoms with E-state index in [1.54, 1.807) is 31.2 Å². The van der Waals surface area contributed by atoms with Gasteiger partial charge in [0.25, 0.3) is 5.91 Å². The van der Waals surface area contributed by atoms with E-state index in [0.29, 0.717) is 17.9 Å². The van der Waals surface area contributed by atoms with Crippen molar-refractivity contribution in [2.24, 2.45) is 0 Å². The fraction of sp³-hybridized carbons (Fsp3) is 0.154. The Morgan fingerprint density at radius 2 is 2.05 bits per heavy atom. The van der Waals surface area contributed by atoms with Crippen LogP contribution in [0.3, 0.4) is 0 Å². The molecule has 0 saturated heterocycles. The molecule has 0 aliphatic carbocycles. The van der Waals surface area contributed by atoms with E-state index in [9.17, 15) is 9.59 Å². The van der Waals surface area contributed by atoms with Crippen LogP contribution < -0.4 is 5.32 Å². The molecule has 0 aliphatic heterocycles. The van der Waals surface area contributed by atoms with Crippen LogP contribution >= 0.6 is 0 Å². The summed E-state index contributed by atoms with van der Waals surface area (Å²) in [5, 5.41) is 2.62. The van der Waals surface area contributed by atoms with Crippen LogP contribution in [0.2, 0.25) is 0 Å². The molecule has 0 spiro atoms. The quantitative estimate of drug-likeness (QED) is 0.851. The molecule has 6 nitrogen and oxygen atoms in total. The molecule has 0 saturated carbocycles. The Balaban J connectivity index is 2.03. The minimum atomic E-state index is -0.401. The van der Waals surface area contributed by atoms with E-state index in [2.05, 4.69) is 10.3 Å². The first-order valence-electron chi connectivity index (χ1n) is 5.67. The molecule has 2 rings (SSSR count). The van der Waals surface area contributed by atoms with Crippen LogP contribution in [0.15, 0.2) is 41.3 Å².